The molecule has 2 unspecified atom stereocenters. The molecule has 1 heterocycles. The van der Waals surface area contributed by atoms with Gasteiger partial charge in [-0.05, 0) is 38.0 Å². The van der Waals surface area contributed by atoms with Crippen LogP contribution >= 0.6 is 0 Å². The predicted molar refractivity (Wildman–Crippen MR) is 73.9 cm³/mol. The fourth-order valence-electron chi connectivity index (χ4n) is 2.39. The zero-order valence-corrected chi connectivity index (χ0v) is 11.5. The van der Waals surface area contributed by atoms with E-state index in [9.17, 15) is 5.11 Å². The zero-order valence-electron chi connectivity index (χ0n) is 11.5. The molecule has 2 rings (SSSR count). The maximum absolute atomic E-state index is 9.79. The Morgan fingerprint density at radius 1 is 1.33 bits per heavy atom. The molecule has 3 heteroatoms. The van der Waals surface area contributed by atoms with Crippen LogP contribution in [0.2, 0.25) is 0 Å². The number of aliphatic hydroxyl groups is 1. The first-order chi connectivity index (χ1) is 8.61. The third-order valence-corrected chi connectivity index (χ3v) is 3.60. The van der Waals surface area contributed by atoms with Crippen molar-refractivity contribution in [2.75, 3.05) is 18.1 Å². The molecule has 1 aliphatic heterocycles. The van der Waals surface area contributed by atoms with Gasteiger partial charge >= 0.3 is 0 Å². The van der Waals surface area contributed by atoms with Crippen LogP contribution in [-0.2, 0) is 4.74 Å². The summed E-state index contributed by atoms with van der Waals surface area (Å²) in [6.45, 7) is 7.98. The Balaban J connectivity index is 2.13. The number of ether oxygens (including phenoxy) is 1. The predicted octanol–water partition coefficient (Wildman–Crippen LogP) is 2.74. The van der Waals surface area contributed by atoms with E-state index in [0.717, 1.165) is 25.1 Å². The monoisotopic (exact) mass is 249 g/mol. The molecule has 3 atom stereocenters. The van der Waals surface area contributed by atoms with Gasteiger partial charge in [0.15, 0.2) is 0 Å². The van der Waals surface area contributed by atoms with Crippen LogP contribution in [0.3, 0.4) is 0 Å². The molecule has 1 aromatic carbocycles. The van der Waals surface area contributed by atoms with Crippen molar-refractivity contribution in [1.82, 2.24) is 0 Å². The lowest BCUT2D eigenvalue weighted by Crippen LogP contribution is -2.47. The molecule has 1 saturated heterocycles. The van der Waals surface area contributed by atoms with Gasteiger partial charge in [0.05, 0.1) is 18.8 Å². The van der Waals surface area contributed by atoms with Crippen molar-refractivity contribution in [2.45, 2.75) is 45.4 Å². The lowest BCUT2D eigenvalue weighted by atomic mass is 10.1. The number of rotatable bonds is 3. The SMILES string of the molecule is CC[C@H](O)c1ccc(N2CC(C)OCC2C)cc1. The van der Waals surface area contributed by atoms with E-state index in [1.54, 1.807) is 0 Å². The van der Waals surface area contributed by atoms with Gasteiger partial charge in [0.25, 0.3) is 0 Å². The standard InChI is InChI=1S/C15H23NO2/c1-4-15(17)13-5-7-14(8-6-13)16-9-12(3)18-10-11(16)2/h5-8,11-12,15,17H,4,9-10H2,1-3H3/t11?,12?,15-/m0/s1. The van der Waals surface area contributed by atoms with E-state index < -0.39 is 0 Å². The topological polar surface area (TPSA) is 32.7 Å². The van der Waals surface area contributed by atoms with Gasteiger partial charge in [-0.1, -0.05) is 19.1 Å². The highest BCUT2D eigenvalue weighted by Crippen LogP contribution is 2.24. The third-order valence-electron chi connectivity index (χ3n) is 3.60. The molecule has 0 amide bonds. The van der Waals surface area contributed by atoms with E-state index >= 15 is 0 Å². The molecule has 1 aliphatic rings. The summed E-state index contributed by atoms with van der Waals surface area (Å²) in [4.78, 5) is 2.37. The molecule has 0 aromatic heterocycles. The smallest absolute Gasteiger partial charge is 0.0787 e. The van der Waals surface area contributed by atoms with Crippen LogP contribution in [0.15, 0.2) is 24.3 Å². The summed E-state index contributed by atoms with van der Waals surface area (Å²) in [5.41, 5.74) is 2.21. The number of hydrogen-bond donors (Lipinski definition) is 1. The van der Waals surface area contributed by atoms with E-state index in [1.807, 2.05) is 19.1 Å². The van der Waals surface area contributed by atoms with Crippen molar-refractivity contribution < 1.29 is 9.84 Å². The zero-order chi connectivity index (χ0) is 13.1. The molecule has 0 aliphatic carbocycles. The van der Waals surface area contributed by atoms with E-state index in [0.29, 0.717) is 6.04 Å². The highest BCUT2D eigenvalue weighted by molar-refractivity contribution is 5.49. The second-order valence-corrected chi connectivity index (χ2v) is 5.16. The normalized spacial score (nSPS) is 26.1. The van der Waals surface area contributed by atoms with Gasteiger partial charge in [-0.15, -0.1) is 0 Å². The Hall–Kier alpha value is -1.06. The minimum Gasteiger partial charge on any atom is -0.388 e. The van der Waals surface area contributed by atoms with Gasteiger partial charge in [-0.3, -0.25) is 0 Å². The maximum atomic E-state index is 9.79. The van der Waals surface area contributed by atoms with Crippen LogP contribution < -0.4 is 4.90 Å². The average Bonchev–Trinajstić information content (AvgIpc) is 2.41. The number of nitrogens with zero attached hydrogens (tertiary/aromatic N) is 1. The molecule has 18 heavy (non-hydrogen) atoms. The molecule has 0 bridgehead atoms. The Morgan fingerprint density at radius 2 is 2.00 bits per heavy atom. The van der Waals surface area contributed by atoms with Crippen LogP contribution in [0.1, 0.15) is 38.9 Å². The molecular formula is C15H23NO2. The second-order valence-electron chi connectivity index (χ2n) is 5.16. The van der Waals surface area contributed by atoms with Crippen LogP contribution in [0.25, 0.3) is 0 Å². The van der Waals surface area contributed by atoms with Crippen molar-refractivity contribution in [3.63, 3.8) is 0 Å². The maximum Gasteiger partial charge on any atom is 0.0787 e. The number of benzene rings is 1. The molecule has 1 fully saturated rings. The third kappa shape index (κ3) is 2.85. The van der Waals surface area contributed by atoms with Gasteiger partial charge in [0, 0.05) is 18.3 Å². The molecule has 1 N–H and O–H groups in total. The van der Waals surface area contributed by atoms with Gasteiger partial charge in [-0.2, -0.15) is 0 Å². The number of hydrogen-bond acceptors (Lipinski definition) is 3. The summed E-state index contributed by atoms with van der Waals surface area (Å²) in [6.07, 6.45) is 0.687. The lowest BCUT2D eigenvalue weighted by molar-refractivity contribution is 0.0344. The summed E-state index contributed by atoms with van der Waals surface area (Å²) < 4.78 is 5.64. The van der Waals surface area contributed by atoms with E-state index in [4.69, 9.17) is 4.74 Å². The summed E-state index contributed by atoms with van der Waals surface area (Å²) in [5.74, 6) is 0. The van der Waals surface area contributed by atoms with E-state index in [-0.39, 0.29) is 12.2 Å². The average molecular weight is 249 g/mol. The Bertz CT molecular complexity index is 377. The summed E-state index contributed by atoms with van der Waals surface area (Å²) >= 11 is 0. The molecule has 1 aromatic rings. The van der Waals surface area contributed by atoms with Crippen LogP contribution in [0.5, 0.6) is 0 Å². The summed E-state index contributed by atoms with van der Waals surface area (Å²) in [6, 6.07) is 8.65. The molecule has 0 spiro atoms. The number of aliphatic hydroxyl groups excluding tert-OH is 1. The first-order valence-corrected chi connectivity index (χ1v) is 6.78. The first kappa shape index (κ1) is 13.4. The van der Waals surface area contributed by atoms with Crippen molar-refractivity contribution in [1.29, 1.82) is 0 Å². The second kappa shape index (κ2) is 5.72. The summed E-state index contributed by atoms with van der Waals surface area (Å²) in [7, 11) is 0. The van der Waals surface area contributed by atoms with Crippen LogP contribution in [0, 0.1) is 0 Å². The Kier molecular flexibility index (Phi) is 4.25. The fraction of sp³-hybridized carbons (Fsp3) is 0.600. The van der Waals surface area contributed by atoms with Crippen LogP contribution in [-0.4, -0.2) is 30.4 Å². The molecule has 0 radical (unpaired) electrons. The minimum absolute atomic E-state index is 0.280. The van der Waals surface area contributed by atoms with Crippen molar-refractivity contribution in [3.05, 3.63) is 29.8 Å². The highest BCUT2D eigenvalue weighted by Gasteiger charge is 2.23. The molecule has 100 valence electrons. The van der Waals surface area contributed by atoms with E-state index in [2.05, 4.69) is 30.9 Å². The fourth-order valence-corrected chi connectivity index (χ4v) is 2.39. The largest absolute Gasteiger partial charge is 0.388 e. The van der Waals surface area contributed by atoms with E-state index in [1.165, 1.54) is 5.69 Å². The lowest BCUT2D eigenvalue weighted by Gasteiger charge is -2.38. The molecule has 0 saturated carbocycles. The van der Waals surface area contributed by atoms with Crippen molar-refractivity contribution in [2.24, 2.45) is 0 Å². The van der Waals surface area contributed by atoms with Gasteiger partial charge in [0.2, 0.25) is 0 Å². The van der Waals surface area contributed by atoms with Crippen LogP contribution in [0.4, 0.5) is 5.69 Å². The quantitative estimate of drug-likeness (QED) is 0.894. The van der Waals surface area contributed by atoms with Gasteiger partial charge in [-0.25, -0.2) is 0 Å². The molecular weight excluding hydrogens is 226 g/mol. The Labute approximate surface area is 109 Å². The van der Waals surface area contributed by atoms with Gasteiger partial charge < -0.3 is 14.7 Å². The first-order valence-electron chi connectivity index (χ1n) is 6.78. The summed E-state index contributed by atoms with van der Waals surface area (Å²) in [5, 5.41) is 9.79. The van der Waals surface area contributed by atoms with Crippen molar-refractivity contribution in [3.8, 4) is 0 Å². The van der Waals surface area contributed by atoms with Crippen molar-refractivity contribution >= 4 is 5.69 Å². The van der Waals surface area contributed by atoms with Gasteiger partial charge in [0.1, 0.15) is 0 Å². The number of anilines is 1. The molecule has 3 nitrogen and oxygen atoms in total. The number of morpholine rings is 1. The highest BCUT2D eigenvalue weighted by atomic mass is 16.5. The Morgan fingerprint density at radius 3 is 2.61 bits per heavy atom. The minimum atomic E-state index is -0.347.